The Balaban J connectivity index is 0.000000244. The van der Waals surface area contributed by atoms with Gasteiger partial charge in [0.25, 0.3) is 0 Å². The summed E-state index contributed by atoms with van der Waals surface area (Å²) in [4.78, 5) is 54.0. The average Bonchev–Trinajstić information content (AvgIpc) is 0.775. The summed E-state index contributed by atoms with van der Waals surface area (Å²) in [5.74, 6) is -0.845. The van der Waals surface area contributed by atoms with Gasteiger partial charge in [-0.2, -0.15) is 0 Å². The van der Waals surface area contributed by atoms with Crippen molar-refractivity contribution in [2.24, 2.45) is 0 Å². The summed E-state index contributed by atoms with van der Waals surface area (Å²) in [7, 11) is 0. The first-order valence-electron chi connectivity index (χ1n) is 32.6. The fourth-order valence-corrected chi connectivity index (χ4v) is 11.6. The number of benzene rings is 9. The third kappa shape index (κ3) is 19.9. The van der Waals surface area contributed by atoms with Crippen LogP contribution in [0.3, 0.4) is 0 Å². The summed E-state index contributed by atoms with van der Waals surface area (Å²) in [6.45, 7) is 20.0. The number of carbonyl (C=O) groups is 5. The molecule has 0 spiro atoms. The molecule has 19 nitrogen and oxygen atoms in total. The zero-order valence-corrected chi connectivity index (χ0v) is 59.1. The monoisotopic (exact) mass is 1400 g/mol. The Hall–Kier alpha value is -10.6. The quantitative estimate of drug-likeness (QED) is 0.0297. The van der Waals surface area contributed by atoms with Crippen molar-refractivity contribution in [3.63, 3.8) is 0 Å². The second-order valence-electron chi connectivity index (χ2n) is 26.1. The number of phenolic OH excluding ortho intramolecular Hbond substituents is 3. The van der Waals surface area contributed by atoms with E-state index in [1.807, 2.05) is 71.0 Å². The first-order valence-corrected chi connectivity index (χ1v) is 32.6. The lowest BCUT2D eigenvalue weighted by Gasteiger charge is -2.30. The molecule has 0 amide bonds. The average molecular weight is 1400 g/mol. The van der Waals surface area contributed by atoms with Crippen LogP contribution in [0.2, 0.25) is 0 Å². The molecule has 9 aromatic rings. The van der Waals surface area contributed by atoms with Crippen LogP contribution in [0, 0.1) is 40.4 Å². The summed E-state index contributed by atoms with van der Waals surface area (Å²) in [5, 5.41) is 134. The molecule has 102 heavy (non-hydrogen) atoms. The molecule has 0 aliphatic rings. The molecule has 1 unspecified atom stereocenters. The second-order valence-corrected chi connectivity index (χ2v) is 26.1. The van der Waals surface area contributed by atoms with Gasteiger partial charge in [0, 0.05) is 51.5 Å². The molecule has 0 aliphatic heterocycles. The van der Waals surface area contributed by atoms with E-state index in [0.29, 0.717) is 99.4 Å². The predicted octanol–water partition coefficient (Wildman–Crippen LogP) is 13.1. The van der Waals surface area contributed by atoms with Gasteiger partial charge in [-0.15, -0.1) is 0 Å². The maximum Gasteiger partial charge on any atom is 0.153 e. The van der Waals surface area contributed by atoms with Gasteiger partial charge in [0.1, 0.15) is 51.8 Å². The third-order valence-corrected chi connectivity index (χ3v) is 18.0. The van der Waals surface area contributed by atoms with Gasteiger partial charge >= 0.3 is 0 Å². The lowest BCUT2D eigenvalue weighted by atomic mass is 9.74. The van der Waals surface area contributed by atoms with E-state index in [2.05, 4.69) is 58.9 Å². The van der Waals surface area contributed by atoms with Gasteiger partial charge in [-0.05, 0) is 174 Å². The predicted molar refractivity (Wildman–Crippen MR) is 386 cm³/mol. The van der Waals surface area contributed by atoms with Gasteiger partial charge in [0.2, 0.25) is 0 Å². The maximum absolute atomic E-state index is 12.6. The Morgan fingerprint density at radius 1 is 0.343 bits per heavy atom. The number of hydrogen-bond donors (Lipinski definition) is 14. The minimum Gasteiger partial charge on any atom is -0.507 e. The topological polar surface area (TPSA) is 369 Å². The van der Waals surface area contributed by atoms with E-state index >= 15 is 0 Å². The van der Waals surface area contributed by atoms with E-state index < -0.39 is 12.4 Å². The molecule has 9 rings (SSSR count). The summed E-state index contributed by atoms with van der Waals surface area (Å²) in [6, 6.07) is 34.7. The molecule has 1 atom stereocenters. The Kier molecular flexibility index (Phi) is 29.5. The van der Waals surface area contributed by atoms with Crippen LogP contribution in [0.25, 0.3) is 0 Å². The van der Waals surface area contributed by atoms with Gasteiger partial charge in [-0.3, -0.25) is 24.0 Å². The number of carbonyl (C=O) groups excluding carboxylic acids is 5. The number of aliphatic hydroxyl groups is 6. The van der Waals surface area contributed by atoms with Crippen molar-refractivity contribution in [1.29, 1.82) is 0 Å². The first-order chi connectivity index (χ1) is 48.2. The van der Waals surface area contributed by atoms with Crippen molar-refractivity contribution in [3.05, 3.63) is 266 Å². The van der Waals surface area contributed by atoms with E-state index in [4.69, 9.17) is 25.5 Å². The zero-order chi connectivity index (χ0) is 76.2. The fraction of sp³-hybridized carbons (Fsp3) is 0.280. The fourth-order valence-electron chi connectivity index (χ4n) is 11.6. The van der Waals surface area contributed by atoms with Crippen LogP contribution in [0.1, 0.15) is 217 Å². The van der Waals surface area contributed by atoms with Crippen molar-refractivity contribution in [3.8, 4) is 46.0 Å². The van der Waals surface area contributed by atoms with Crippen LogP contribution >= 0.6 is 0 Å². The molecule has 0 heterocycles. The SMILES string of the molecule is CCC(C)c1cc(C=O)c(O)c(CO)c1.Cc1cc(C(C)(C)c2ccc(C(C)(C)c3cc(C)c(O)c(CO)c3)cc2)cc(C=O)c1O.Cc1cc(C=O)c(O)c(Cc2cc(C)cc(Cc3cc(C)cc(CO)c3O)c2O)c1.O=Cc1cc(CO)cc(CO)c1O.O=Cc1cc(F)cc(CO)c1O. The van der Waals surface area contributed by atoms with Gasteiger partial charge < -0.3 is 71.5 Å². The molecule has 9 aromatic carbocycles. The van der Waals surface area contributed by atoms with Crippen LogP contribution in [0.4, 0.5) is 4.39 Å². The number of phenols is 8. The Morgan fingerprint density at radius 2 is 0.667 bits per heavy atom. The molecule has 20 heteroatoms. The van der Waals surface area contributed by atoms with E-state index in [-0.39, 0.29) is 130 Å². The van der Waals surface area contributed by atoms with E-state index in [0.717, 1.165) is 68.6 Å². The Labute approximate surface area is 592 Å². The van der Waals surface area contributed by atoms with Crippen LogP contribution < -0.4 is 0 Å². The minimum absolute atomic E-state index is 0.0112. The number of hydrogen-bond acceptors (Lipinski definition) is 19. The largest absolute Gasteiger partial charge is 0.507 e. The van der Waals surface area contributed by atoms with Crippen LogP contribution in [0.5, 0.6) is 46.0 Å². The van der Waals surface area contributed by atoms with E-state index in [1.165, 1.54) is 12.1 Å². The third-order valence-electron chi connectivity index (χ3n) is 18.0. The number of aldehydes is 5. The highest BCUT2D eigenvalue weighted by Gasteiger charge is 2.29. The van der Waals surface area contributed by atoms with Crippen molar-refractivity contribution < 1.29 is 99.9 Å². The summed E-state index contributed by atoms with van der Waals surface area (Å²) in [5.41, 5.74) is 13.8. The normalized spacial score (nSPS) is 11.3. The summed E-state index contributed by atoms with van der Waals surface area (Å²) in [6.07, 6.45) is 4.23. The summed E-state index contributed by atoms with van der Waals surface area (Å²) >= 11 is 0. The van der Waals surface area contributed by atoms with Crippen LogP contribution in [0.15, 0.2) is 121 Å². The molecule has 0 fully saturated rings. The highest BCUT2D eigenvalue weighted by molar-refractivity contribution is 5.83. The molecule has 0 saturated heterocycles. The molecule has 540 valence electrons. The van der Waals surface area contributed by atoms with Crippen molar-refractivity contribution in [2.75, 3.05) is 0 Å². The standard InChI is InChI=1S/C28H32O4.C25H26O5.C12H16O3.C9H10O4.C8H7FO3/c1-17-11-23(13-19(15-29)25(17)31)27(3,4)21-7-9-22(10-8-21)28(5,6)24-12-18(2)26(32)20(14-24)16-30;1-14-4-17(10-19-6-15(2)8-21(12-26)24(19)29)23(28)18(5-14)11-20-7-16(3)9-22(13-27)25(20)30;1-3-8(2)9-4-10(6-13)12(15)11(5-9)7-14;10-3-6-1-7(4-11)9(13)8(2-6)5-12;9-7-1-5(3-10)8(12)6(2-7)4-11/h7-15,30-32H,16H2,1-6H3;4-9,12,27-30H,10-11,13H2,1-3H3;4-6,8,14-15H,3,7H2,1-2H3;1-2,4,10,12-13H,3,5H2;1-3,11-12H,4H2. The number of rotatable bonds is 21. The lowest BCUT2D eigenvalue weighted by molar-refractivity contribution is 0.111. The molecule has 0 aliphatic carbocycles. The van der Waals surface area contributed by atoms with Gasteiger partial charge in [-0.1, -0.05) is 119 Å². The molecule has 0 radical (unpaired) electrons. The summed E-state index contributed by atoms with van der Waals surface area (Å²) < 4.78 is 12.6. The Morgan fingerprint density at radius 3 is 1.10 bits per heavy atom. The highest BCUT2D eigenvalue weighted by atomic mass is 19.1. The molecular formula is C82H91FO19. The molecule has 14 N–H and O–H groups in total. The molecular weight excluding hydrogens is 1310 g/mol. The van der Waals surface area contributed by atoms with Gasteiger partial charge in [0.15, 0.2) is 31.4 Å². The van der Waals surface area contributed by atoms with Crippen LogP contribution in [-0.4, -0.2) is 103 Å². The van der Waals surface area contributed by atoms with Crippen LogP contribution in [-0.2, 0) is 63.3 Å². The second kappa shape index (κ2) is 36.7. The highest BCUT2D eigenvalue weighted by Crippen LogP contribution is 2.41. The van der Waals surface area contributed by atoms with Crippen molar-refractivity contribution in [1.82, 2.24) is 0 Å². The van der Waals surface area contributed by atoms with Crippen molar-refractivity contribution >= 4 is 31.4 Å². The van der Waals surface area contributed by atoms with Gasteiger partial charge in [-0.25, -0.2) is 4.39 Å². The lowest BCUT2D eigenvalue weighted by Crippen LogP contribution is -2.22. The zero-order valence-electron chi connectivity index (χ0n) is 59.1. The Bertz CT molecular complexity index is 4480. The van der Waals surface area contributed by atoms with E-state index in [9.17, 15) is 74.3 Å². The number of aliphatic hydroxyl groups excluding tert-OH is 6. The van der Waals surface area contributed by atoms with Gasteiger partial charge in [0.05, 0.1) is 67.5 Å². The van der Waals surface area contributed by atoms with E-state index in [1.54, 1.807) is 43.3 Å². The first kappa shape index (κ1) is 82.1. The molecule has 0 bridgehead atoms. The number of aryl methyl sites for hydroxylation is 5. The minimum atomic E-state index is -0.654. The smallest absolute Gasteiger partial charge is 0.153 e. The van der Waals surface area contributed by atoms with Crippen molar-refractivity contribution in [2.45, 2.75) is 152 Å². The molecule has 0 aromatic heterocycles. The number of aromatic hydroxyl groups is 8. The molecule has 0 saturated carbocycles. The maximum atomic E-state index is 12.6. The number of halogens is 1.